The zero-order chi connectivity index (χ0) is 15.5. The first kappa shape index (κ1) is 16.4. The molecule has 0 bridgehead atoms. The number of likely N-dealkylation sites (N-methyl/N-ethyl adjacent to an activating group) is 1. The van der Waals surface area contributed by atoms with E-state index in [1.807, 2.05) is 0 Å². The Bertz CT molecular complexity index is 549. The number of hydrogen-bond donors (Lipinski definition) is 1. The third kappa shape index (κ3) is 4.77. The summed E-state index contributed by atoms with van der Waals surface area (Å²) >= 11 is 0. The van der Waals surface area contributed by atoms with Gasteiger partial charge in [0.2, 0.25) is 10.0 Å². The van der Waals surface area contributed by atoms with Crippen LogP contribution in [0, 0.1) is 5.92 Å². The number of aromatic nitrogens is 2. The van der Waals surface area contributed by atoms with Crippen molar-refractivity contribution >= 4 is 10.0 Å². The van der Waals surface area contributed by atoms with Crippen LogP contribution in [0.2, 0.25) is 0 Å². The molecular formula is C13H25N5O2S. The molecule has 1 atom stereocenters. The smallest absolute Gasteiger partial charge is 0.243 e. The van der Waals surface area contributed by atoms with Gasteiger partial charge in [0.25, 0.3) is 0 Å². The van der Waals surface area contributed by atoms with Gasteiger partial charge in [-0.15, -0.1) is 0 Å². The fraction of sp³-hybridized carbons (Fsp3) is 0.769. The minimum atomic E-state index is -3.44. The van der Waals surface area contributed by atoms with E-state index >= 15 is 0 Å². The van der Waals surface area contributed by atoms with Gasteiger partial charge in [-0.05, 0) is 13.0 Å². The van der Waals surface area contributed by atoms with Crippen molar-refractivity contribution in [2.75, 3.05) is 46.3 Å². The van der Waals surface area contributed by atoms with Crippen molar-refractivity contribution in [3.8, 4) is 0 Å². The molecule has 0 saturated carbocycles. The fourth-order valence-corrected chi connectivity index (χ4v) is 3.56. The molecule has 1 aliphatic rings. The van der Waals surface area contributed by atoms with Gasteiger partial charge in [-0.2, -0.15) is 5.10 Å². The summed E-state index contributed by atoms with van der Waals surface area (Å²) in [7, 11) is 0.387. The van der Waals surface area contributed by atoms with Gasteiger partial charge in [-0.25, -0.2) is 13.1 Å². The van der Waals surface area contributed by atoms with Crippen LogP contribution in [0.25, 0.3) is 0 Å². The second-order valence-corrected chi connectivity index (χ2v) is 7.68. The highest BCUT2D eigenvalue weighted by Gasteiger charge is 2.19. The van der Waals surface area contributed by atoms with Gasteiger partial charge in [0.05, 0.1) is 6.20 Å². The molecular weight excluding hydrogens is 290 g/mol. The van der Waals surface area contributed by atoms with E-state index in [1.54, 1.807) is 7.05 Å². The molecule has 1 aromatic rings. The molecule has 0 aliphatic carbocycles. The first-order valence-electron chi connectivity index (χ1n) is 7.26. The molecule has 0 spiro atoms. The Hall–Kier alpha value is -0.960. The molecule has 21 heavy (non-hydrogen) atoms. The lowest BCUT2D eigenvalue weighted by molar-refractivity contribution is 0.139. The largest absolute Gasteiger partial charge is 0.304 e. The van der Waals surface area contributed by atoms with Gasteiger partial charge in [0.1, 0.15) is 4.90 Å². The van der Waals surface area contributed by atoms with E-state index in [4.69, 9.17) is 0 Å². The minimum absolute atomic E-state index is 0.219. The van der Waals surface area contributed by atoms with Crippen molar-refractivity contribution in [2.45, 2.75) is 11.8 Å². The lowest BCUT2D eigenvalue weighted by Gasteiger charge is -2.33. The van der Waals surface area contributed by atoms with Crippen LogP contribution in [0.3, 0.4) is 0 Å². The Morgan fingerprint density at radius 2 is 1.95 bits per heavy atom. The molecule has 1 saturated heterocycles. The Morgan fingerprint density at radius 3 is 2.52 bits per heavy atom. The number of hydrogen-bond acceptors (Lipinski definition) is 5. The maximum atomic E-state index is 12.1. The quantitative estimate of drug-likeness (QED) is 0.772. The molecule has 1 N–H and O–H groups in total. The number of nitrogens with zero attached hydrogens (tertiary/aromatic N) is 4. The van der Waals surface area contributed by atoms with E-state index in [9.17, 15) is 8.42 Å². The van der Waals surface area contributed by atoms with Crippen molar-refractivity contribution in [3.63, 3.8) is 0 Å². The summed E-state index contributed by atoms with van der Waals surface area (Å²) in [5.41, 5.74) is 0. The third-order valence-corrected chi connectivity index (χ3v) is 5.16. The number of piperazine rings is 1. The van der Waals surface area contributed by atoms with E-state index in [1.165, 1.54) is 17.1 Å². The monoisotopic (exact) mass is 315 g/mol. The Morgan fingerprint density at radius 1 is 1.29 bits per heavy atom. The molecule has 1 unspecified atom stereocenters. The highest BCUT2D eigenvalue weighted by molar-refractivity contribution is 7.89. The molecule has 2 rings (SSSR count). The van der Waals surface area contributed by atoms with Crippen molar-refractivity contribution in [2.24, 2.45) is 13.0 Å². The molecule has 1 aromatic heterocycles. The van der Waals surface area contributed by atoms with Crippen LogP contribution >= 0.6 is 0 Å². The summed E-state index contributed by atoms with van der Waals surface area (Å²) in [6, 6.07) is 0. The Labute approximate surface area is 127 Å². The van der Waals surface area contributed by atoms with Crippen LogP contribution in [0.5, 0.6) is 0 Å². The Balaban J connectivity index is 1.79. The molecule has 120 valence electrons. The second-order valence-electron chi connectivity index (χ2n) is 5.91. The van der Waals surface area contributed by atoms with Crippen LogP contribution in [0.1, 0.15) is 6.92 Å². The van der Waals surface area contributed by atoms with Gasteiger partial charge in [-0.1, -0.05) is 6.92 Å². The number of nitrogens with one attached hydrogen (secondary N) is 1. The van der Waals surface area contributed by atoms with Gasteiger partial charge >= 0.3 is 0 Å². The lowest BCUT2D eigenvalue weighted by Crippen LogP contribution is -2.46. The van der Waals surface area contributed by atoms with Crippen LogP contribution in [-0.4, -0.2) is 74.3 Å². The molecule has 2 heterocycles. The molecule has 0 radical (unpaired) electrons. The summed E-state index contributed by atoms with van der Waals surface area (Å²) in [6.45, 7) is 7.70. The van der Waals surface area contributed by atoms with Crippen LogP contribution in [0.4, 0.5) is 0 Å². The summed E-state index contributed by atoms with van der Waals surface area (Å²) in [4.78, 5) is 4.92. The average molecular weight is 315 g/mol. The van der Waals surface area contributed by atoms with E-state index in [0.29, 0.717) is 6.54 Å². The normalized spacial score (nSPS) is 19.8. The van der Waals surface area contributed by atoms with Crippen molar-refractivity contribution in [1.82, 2.24) is 24.3 Å². The van der Waals surface area contributed by atoms with E-state index in [-0.39, 0.29) is 10.8 Å². The van der Waals surface area contributed by atoms with Crippen LogP contribution in [0.15, 0.2) is 17.3 Å². The summed E-state index contributed by atoms with van der Waals surface area (Å²) < 4.78 is 28.4. The van der Waals surface area contributed by atoms with E-state index in [0.717, 1.165) is 32.7 Å². The van der Waals surface area contributed by atoms with Crippen molar-refractivity contribution in [1.29, 1.82) is 0 Å². The van der Waals surface area contributed by atoms with E-state index < -0.39 is 10.0 Å². The van der Waals surface area contributed by atoms with E-state index in [2.05, 4.69) is 33.6 Å². The maximum absolute atomic E-state index is 12.1. The lowest BCUT2D eigenvalue weighted by atomic mass is 10.1. The molecule has 0 amide bonds. The highest BCUT2D eigenvalue weighted by Crippen LogP contribution is 2.08. The van der Waals surface area contributed by atoms with Gasteiger partial charge in [0.15, 0.2) is 0 Å². The standard InChI is InChI=1S/C13H25N5O2S/c1-12(10-18-6-4-16(2)5-7-18)8-15-21(19,20)13-9-14-17(3)11-13/h9,11-12,15H,4-8,10H2,1-3H3. The third-order valence-electron chi connectivity index (χ3n) is 3.78. The number of rotatable bonds is 6. The topological polar surface area (TPSA) is 70.5 Å². The molecule has 1 fully saturated rings. The zero-order valence-corrected chi connectivity index (χ0v) is 13.8. The number of aryl methyl sites for hydroxylation is 1. The summed E-state index contributed by atoms with van der Waals surface area (Å²) in [5, 5.41) is 3.90. The fourth-order valence-electron chi connectivity index (χ4n) is 2.41. The number of sulfonamides is 1. The highest BCUT2D eigenvalue weighted by atomic mass is 32.2. The van der Waals surface area contributed by atoms with Crippen LogP contribution in [-0.2, 0) is 17.1 Å². The van der Waals surface area contributed by atoms with Gasteiger partial charge in [-0.3, -0.25) is 4.68 Å². The second kappa shape index (κ2) is 6.87. The van der Waals surface area contributed by atoms with Gasteiger partial charge < -0.3 is 9.80 Å². The predicted molar refractivity (Wildman–Crippen MR) is 81.5 cm³/mol. The van der Waals surface area contributed by atoms with Crippen LogP contribution < -0.4 is 4.72 Å². The first-order chi connectivity index (χ1) is 9.87. The molecule has 0 aromatic carbocycles. The SMILES string of the molecule is CC(CNS(=O)(=O)c1cnn(C)c1)CN1CCN(C)CC1. The summed E-state index contributed by atoms with van der Waals surface area (Å²) in [5.74, 6) is 0.278. The van der Waals surface area contributed by atoms with Gasteiger partial charge in [0, 0.05) is 52.5 Å². The first-order valence-corrected chi connectivity index (χ1v) is 8.74. The van der Waals surface area contributed by atoms with Crippen molar-refractivity contribution < 1.29 is 8.42 Å². The minimum Gasteiger partial charge on any atom is -0.304 e. The maximum Gasteiger partial charge on any atom is 0.243 e. The summed E-state index contributed by atoms with van der Waals surface area (Å²) in [6.07, 6.45) is 2.88. The molecule has 7 nitrogen and oxygen atoms in total. The van der Waals surface area contributed by atoms with Crippen molar-refractivity contribution in [3.05, 3.63) is 12.4 Å². The molecule has 1 aliphatic heterocycles. The predicted octanol–water partition coefficient (Wildman–Crippen LogP) is -0.418. The average Bonchev–Trinajstić information content (AvgIpc) is 2.87. The Kier molecular flexibility index (Phi) is 5.37. The zero-order valence-electron chi connectivity index (χ0n) is 13.0. The molecule has 8 heteroatoms.